The van der Waals surface area contributed by atoms with Gasteiger partial charge in [-0.1, -0.05) is 78.9 Å². The summed E-state index contributed by atoms with van der Waals surface area (Å²) >= 11 is 0. The molecule has 1 aliphatic heterocycles. The first-order valence-electron chi connectivity index (χ1n) is 11.5. The van der Waals surface area contributed by atoms with Crippen molar-refractivity contribution in [2.24, 2.45) is 4.99 Å². The zero-order chi connectivity index (χ0) is 21.8. The monoisotopic (exact) mass is 426 g/mol. The first kappa shape index (κ1) is 18.6. The Bertz CT molecular complexity index is 1480. The molecule has 4 aromatic carbocycles. The number of pyridine rings is 1. The molecule has 5 aromatic rings. The average molecular weight is 427 g/mol. The van der Waals surface area contributed by atoms with E-state index < -0.39 is 0 Å². The van der Waals surface area contributed by atoms with Crippen molar-refractivity contribution in [2.45, 2.75) is 18.4 Å². The Hall–Kier alpha value is -3.98. The molecule has 0 atom stereocenters. The lowest BCUT2D eigenvalue weighted by Crippen LogP contribution is -2.33. The molecule has 1 aromatic heterocycles. The van der Waals surface area contributed by atoms with Gasteiger partial charge in [-0.05, 0) is 55.9 Å². The highest BCUT2D eigenvalue weighted by molar-refractivity contribution is 6.08. The number of ether oxygens (including phenoxy) is 1. The number of aromatic nitrogens is 1. The molecule has 0 N–H and O–H groups in total. The minimum atomic E-state index is -0.336. The topological polar surface area (TPSA) is 34.5 Å². The van der Waals surface area contributed by atoms with Crippen LogP contribution < -0.4 is 0 Å². The Morgan fingerprint density at radius 1 is 0.636 bits per heavy atom. The quantitative estimate of drug-likeness (QED) is 0.312. The second kappa shape index (κ2) is 7.01. The van der Waals surface area contributed by atoms with E-state index in [-0.39, 0.29) is 5.54 Å². The largest absolute Gasteiger partial charge is 0.474 e. The van der Waals surface area contributed by atoms with Crippen LogP contribution in [-0.2, 0) is 17.6 Å². The molecule has 0 saturated heterocycles. The van der Waals surface area contributed by atoms with E-state index in [2.05, 4.69) is 77.8 Å². The number of hydrogen-bond acceptors (Lipinski definition) is 3. The smallest absolute Gasteiger partial charge is 0.236 e. The van der Waals surface area contributed by atoms with Gasteiger partial charge in [0, 0.05) is 19.0 Å². The summed E-state index contributed by atoms with van der Waals surface area (Å²) in [5.41, 5.74) is 5.82. The molecule has 3 heteroatoms. The van der Waals surface area contributed by atoms with Gasteiger partial charge < -0.3 is 4.74 Å². The Morgan fingerprint density at radius 2 is 1.24 bits per heavy atom. The van der Waals surface area contributed by atoms with E-state index >= 15 is 0 Å². The Morgan fingerprint density at radius 3 is 1.85 bits per heavy atom. The van der Waals surface area contributed by atoms with Gasteiger partial charge in [-0.2, -0.15) is 0 Å². The maximum absolute atomic E-state index is 6.18. The van der Waals surface area contributed by atoms with Crippen molar-refractivity contribution >= 4 is 27.4 Å². The molecule has 1 spiro atoms. The van der Waals surface area contributed by atoms with Crippen molar-refractivity contribution in [3.8, 4) is 11.1 Å². The highest BCUT2D eigenvalue weighted by Crippen LogP contribution is 2.45. The van der Waals surface area contributed by atoms with Gasteiger partial charge in [0.2, 0.25) is 5.90 Å². The molecule has 0 bridgehead atoms. The summed E-state index contributed by atoms with van der Waals surface area (Å²) < 4.78 is 6.18. The predicted molar refractivity (Wildman–Crippen MR) is 134 cm³/mol. The molecule has 2 heterocycles. The van der Waals surface area contributed by atoms with Crippen LogP contribution in [0.25, 0.3) is 32.7 Å². The van der Waals surface area contributed by atoms with E-state index in [1.807, 2.05) is 18.2 Å². The van der Waals surface area contributed by atoms with Crippen molar-refractivity contribution < 1.29 is 4.74 Å². The highest BCUT2D eigenvalue weighted by Gasteiger charge is 2.41. The van der Waals surface area contributed by atoms with Gasteiger partial charge in [-0.3, -0.25) is 4.98 Å². The standard InChI is InChI=1S/C30H22N2O/c1-3-9-24-20(7-1)12-14-22-17-30(19-33-29(32-30)26-11-5-6-16-31-26)18-23-15-13-21-8-2-4-10-25(21)28(23)27(22)24/h1-16H,17-19H2. The lowest BCUT2D eigenvalue weighted by molar-refractivity contribution is 0.252. The van der Waals surface area contributed by atoms with E-state index in [9.17, 15) is 0 Å². The second-order valence-electron chi connectivity index (χ2n) is 9.14. The van der Waals surface area contributed by atoms with Crippen molar-refractivity contribution in [3.05, 3.63) is 114 Å². The Balaban J connectivity index is 1.52. The number of nitrogens with zero attached hydrogens (tertiary/aromatic N) is 2. The fraction of sp³-hybridized carbons (Fsp3) is 0.133. The second-order valence-corrected chi connectivity index (χ2v) is 9.14. The van der Waals surface area contributed by atoms with Crippen LogP contribution in [0.4, 0.5) is 0 Å². The van der Waals surface area contributed by atoms with Crippen LogP contribution in [0.2, 0.25) is 0 Å². The molecule has 0 radical (unpaired) electrons. The number of hydrogen-bond donors (Lipinski definition) is 0. The molecule has 0 unspecified atom stereocenters. The Labute approximate surface area is 192 Å². The van der Waals surface area contributed by atoms with Crippen LogP contribution in [0.1, 0.15) is 16.8 Å². The summed E-state index contributed by atoms with van der Waals surface area (Å²) in [6.45, 7) is 0.567. The fourth-order valence-corrected chi connectivity index (χ4v) is 5.57. The van der Waals surface area contributed by atoms with Crippen molar-refractivity contribution in [2.75, 3.05) is 6.61 Å². The summed E-state index contributed by atoms with van der Waals surface area (Å²) in [6, 6.07) is 32.4. The summed E-state index contributed by atoms with van der Waals surface area (Å²) in [7, 11) is 0. The third-order valence-corrected chi connectivity index (χ3v) is 7.02. The zero-order valence-corrected chi connectivity index (χ0v) is 18.2. The SMILES string of the molecule is c1ccc(C2=NC3(CO2)Cc2ccc4ccccc4c2-c2c(ccc4ccccc24)C3)nc1. The number of rotatable bonds is 1. The van der Waals surface area contributed by atoms with Gasteiger partial charge in [0.05, 0.1) is 0 Å². The van der Waals surface area contributed by atoms with E-state index in [0.717, 1.165) is 18.5 Å². The summed E-state index contributed by atoms with van der Waals surface area (Å²) in [5.74, 6) is 0.655. The van der Waals surface area contributed by atoms with Crippen LogP contribution in [0.5, 0.6) is 0 Å². The van der Waals surface area contributed by atoms with Gasteiger partial charge in [0.15, 0.2) is 0 Å². The van der Waals surface area contributed by atoms with Crippen molar-refractivity contribution in [1.82, 2.24) is 4.98 Å². The van der Waals surface area contributed by atoms with Crippen molar-refractivity contribution in [1.29, 1.82) is 0 Å². The molecular weight excluding hydrogens is 404 g/mol. The highest BCUT2D eigenvalue weighted by atomic mass is 16.5. The first-order valence-corrected chi connectivity index (χ1v) is 11.5. The van der Waals surface area contributed by atoms with E-state index in [1.54, 1.807) is 6.20 Å². The predicted octanol–water partition coefficient (Wildman–Crippen LogP) is 6.37. The van der Waals surface area contributed by atoms with Crippen molar-refractivity contribution in [3.63, 3.8) is 0 Å². The molecule has 7 rings (SSSR count). The molecule has 0 amide bonds. The molecule has 3 nitrogen and oxygen atoms in total. The lowest BCUT2D eigenvalue weighted by atomic mass is 9.88. The molecule has 33 heavy (non-hydrogen) atoms. The molecule has 0 fully saturated rings. The minimum absolute atomic E-state index is 0.336. The summed E-state index contributed by atoms with van der Waals surface area (Å²) in [6.07, 6.45) is 3.47. The van der Waals surface area contributed by atoms with Crippen LogP contribution in [-0.4, -0.2) is 23.0 Å². The number of aliphatic imine (C=N–C) groups is 1. The third-order valence-electron chi connectivity index (χ3n) is 7.02. The van der Waals surface area contributed by atoms with Gasteiger partial charge in [-0.15, -0.1) is 0 Å². The van der Waals surface area contributed by atoms with Gasteiger partial charge >= 0.3 is 0 Å². The molecule has 2 aliphatic rings. The van der Waals surface area contributed by atoms with Crippen LogP contribution in [0, 0.1) is 0 Å². The van der Waals surface area contributed by atoms with E-state index in [4.69, 9.17) is 9.73 Å². The fourth-order valence-electron chi connectivity index (χ4n) is 5.57. The van der Waals surface area contributed by atoms with Crippen LogP contribution in [0.3, 0.4) is 0 Å². The number of benzene rings is 4. The molecule has 0 saturated carbocycles. The van der Waals surface area contributed by atoms with Gasteiger partial charge in [-0.25, -0.2) is 4.99 Å². The molecule has 1 aliphatic carbocycles. The maximum Gasteiger partial charge on any atom is 0.236 e. The summed E-state index contributed by atoms with van der Waals surface area (Å²) in [5, 5.41) is 5.15. The molecular formula is C30H22N2O. The van der Waals surface area contributed by atoms with Gasteiger partial charge in [0.25, 0.3) is 0 Å². The number of fused-ring (bicyclic) bond motifs is 7. The zero-order valence-electron chi connectivity index (χ0n) is 18.2. The first-order chi connectivity index (χ1) is 16.3. The van der Waals surface area contributed by atoms with E-state index in [1.165, 1.54) is 43.8 Å². The molecule has 158 valence electrons. The van der Waals surface area contributed by atoms with Gasteiger partial charge in [0.1, 0.15) is 17.8 Å². The minimum Gasteiger partial charge on any atom is -0.474 e. The average Bonchev–Trinajstić information content (AvgIpc) is 3.21. The van der Waals surface area contributed by atoms with Crippen LogP contribution in [0.15, 0.2) is 102 Å². The lowest BCUT2D eigenvalue weighted by Gasteiger charge is -2.23. The Kier molecular flexibility index (Phi) is 3.95. The normalized spacial score (nSPS) is 16.2. The van der Waals surface area contributed by atoms with E-state index in [0.29, 0.717) is 12.5 Å². The van der Waals surface area contributed by atoms with Crippen LogP contribution >= 0.6 is 0 Å². The maximum atomic E-state index is 6.18. The third kappa shape index (κ3) is 2.89. The summed E-state index contributed by atoms with van der Waals surface area (Å²) in [4.78, 5) is 9.68.